The summed E-state index contributed by atoms with van der Waals surface area (Å²) in [6.45, 7) is 0.611. The molecule has 2 aromatic rings. The van der Waals surface area contributed by atoms with Crippen LogP contribution in [0.25, 0.3) is 0 Å². The van der Waals surface area contributed by atoms with E-state index in [4.69, 9.17) is 21.7 Å². The van der Waals surface area contributed by atoms with Crippen LogP contribution >= 0.6 is 12.2 Å². The second-order valence-corrected chi connectivity index (χ2v) is 5.05. The summed E-state index contributed by atoms with van der Waals surface area (Å²) in [5.74, 6) is 1.59. The van der Waals surface area contributed by atoms with Crippen molar-refractivity contribution in [1.29, 1.82) is 0 Å². The highest BCUT2D eigenvalue weighted by atomic mass is 32.1. The summed E-state index contributed by atoms with van der Waals surface area (Å²) in [7, 11) is 3.27. The van der Waals surface area contributed by atoms with E-state index >= 15 is 0 Å². The van der Waals surface area contributed by atoms with E-state index < -0.39 is 0 Å². The molecule has 0 aliphatic carbocycles. The normalized spacial score (nSPS) is 10.3. The highest BCUT2D eigenvalue weighted by Gasteiger charge is 1.99. The Bertz CT molecular complexity index is 672. The summed E-state index contributed by atoms with van der Waals surface area (Å²) >= 11 is 5.19. The Kier molecular flexibility index (Phi) is 6.38. The number of hydrazone groups is 1. The topological polar surface area (TPSA) is 54.9 Å². The number of hydrogen-bond acceptors (Lipinski definition) is 4. The highest BCUT2D eigenvalue weighted by molar-refractivity contribution is 7.80. The molecular formula is C17H19N3O2S. The Morgan fingerprint density at radius 3 is 2.52 bits per heavy atom. The Morgan fingerprint density at radius 2 is 1.83 bits per heavy atom. The molecule has 23 heavy (non-hydrogen) atoms. The predicted octanol–water partition coefficient (Wildman–Crippen LogP) is 2.70. The summed E-state index contributed by atoms with van der Waals surface area (Å²) in [4.78, 5) is 0. The lowest BCUT2D eigenvalue weighted by atomic mass is 10.2. The third kappa shape index (κ3) is 5.27. The van der Waals surface area contributed by atoms with Crippen molar-refractivity contribution in [2.45, 2.75) is 6.54 Å². The first-order valence-corrected chi connectivity index (χ1v) is 7.46. The average Bonchev–Trinajstić information content (AvgIpc) is 2.61. The maximum Gasteiger partial charge on any atom is 0.187 e. The first-order chi connectivity index (χ1) is 11.2. The van der Waals surface area contributed by atoms with Gasteiger partial charge in [0.15, 0.2) is 5.11 Å². The molecule has 6 heteroatoms. The second kappa shape index (κ2) is 8.75. The molecule has 0 aliphatic rings. The number of rotatable bonds is 6. The van der Waals surface area contributed by atoms with E-state index in [9.17, 15) is 0 Å². The summed E-state index contributed by atoms with van der Waals surface area (Å²) in [5, 5.41) is 7.65. The van der Waals surface area contributed by atoms with Crippen molar-refractivity contribution in [1.82, 2.24) is 10.7 Å². The maximum atomic E-state index is 5.25. The third-order valence-electron chi connectivity index (χ3n) is 3.12. The van der Waals surface area contributed by atoms with Crippen molar-refractivity contribution >= 4 is 23.5 Å². The van der Waals surface area contributed by atoms with Gasteiger partial charge in [0.05, 0.1) is 20.4 Å². The van der Waals surface area contributed by atoms with E-state index in [1.807, 2.05) is 48.5 Å². The number of nitrogens with one attached hydrogen (secondary N) is 2. The minimum Gasteiger partial charge on any atom is -0.497 e. The van der Waals surface area contributed by atoms with Gasteiger partial charge >= 0.3 is 0 Å². The van der Waals surface area contributed by atoms with Crippen LogP contribution in [0.3, 0.4) is 0 Å². The molecule has 5 nitrogen and oxygen atoms in total. The first kappa shape index (κ1) is 16.8. The Morgan fingerprint density at radius 1 is 1.09 bits per heavy atom. The van der Waals surface area contributed by atoms with Gasteiger partial charge in [-0.2, -0.15) is 5.10 Å². The third-order valence-corrected chi connectivity index (χ3v) is 3.36. The van der Waals surface area contributed by atoms with Crippen LogP contribution in [0.4, 0.5) is 0 Å². The molecule has 120 valence electrons. The van der Waals surface area contributed by atoms with Crippen LogP contribution < -0.4 is 20.2 Å². The molecule has 0 amide bonds. The summed E-state index contributed by atoms with van der Waals surface area (Å²) < 4.78 is 10.4. The fourth-order valence-electron chi connectivity index (χ4n) is 1.90. The SMILES string of the molecule is COc1ccc(CNC(=S)N/N=C\c2ccccc2OC)cc1. The number of nitrogens with zero attached hydrogens (tertiary/aromatic N) is 1. The molecule has 0 fully saturated rings. The fraction of sp³-hybridized carbons (Fsp3) is 0.176. The summed E-state index contributed by atoms with van der Waals surface area (Å²) in [6, 6.07) is 15.4. The molecule has 0 unspecified atom stereocenters. The quantitative estimate of drug-likeness (QED) is 0.485. The van der Waals surface area contributed by atoms with Gasteiger partial charge in [0.25, 0.3) is 0 Å². The van der Waals surface area contributed by atoms with Crippen LogP contribution in [-0.2, 0) is 6.54 Å². The molecule has 0 radical (unpaired) electrons. The van der Waals surface area contributed by atoms with Gasteiger partial charge in [-0.25, -0.2) is 0 Å². The van der Waals surface area contributed by atoms with Crippen molar-refractivity contribution in [2.75, 3.05) is 14.2 Å². The van der Waals surface area contributed by atoms with E-state index in [0.29, 0.717) is 11.7 Å². The second-order valence-electron chi connectivity index (χ2n) is 4.64. The van der Waals surface area contributed by atoms with E-state index in [1.165, 1.54) is 0 Å². The van der Waals surface area contributed by atoms with E-state index in [2.05, 4.69) is 15.8 Å². The molecule has 0 spiro atoms. The van der Waals surface area contributed by atoms with Crippen molar-refractivity contribution in [3.05, 3.63) is 59.7 Å². The van der Waals surface area contributed by atoms with Gasteiger partial charge in [0.1, 0.15) is 11.5 Å². The lowest BCUT2D eigenvalue weighted by Gasteiger charge is -2.08. The number of ether oxygens (including phenoxy) is 2. The summed E-state index contributed by atoms with van der Waals surface area (Å²) in [6.07, 6.45) is 1.67. The maximum absolute atomic E-state index is 5.25. The zero-order valence-electron chi connectivity index (χ0n) is 13.1. The van der Waals surface area contributed by atoms with E-state index in [-0.39, 0.29) is 0 Å². The molecule has 2 N–H and O–H groups in total. The number of para-hydroxylation sites is 1. The molecule has 2 rings (SSSR count). The van der Waals surface area contributed by atoms with Crippen LogP contribution in [-0.4, -0.2) is 25.5 Å². The van der Waals surface area contributed by atoms with Crippen LogP contribution in [0.2, 0.25) is 0 Å². The van der Waals surface area contributed by atoms with Crippen LogP contribution in [0.5, 0.6) is 11.5 Å². The summed E-state index contributed by atoms with van der Waals surface area (Å²) in [5.41, 5.74) is 4.76. The van der Waals surface area contributed by atoms with E-state index in [0.717, 1.165) is 22.6 Å². The van der Waals surface area contributed by atoms with Crippen molar-refractivity contribution in [3.63, 3.8) is 0 Å². The van der Waals surface area contributed by atoms with Gasteiger partial charge in [-0.15, -0.1) is 0 Å². The minimum atomic E-state index is 0.451. The van der Waals surface area contributed by atoms with Gasteiger partial charge < -0.3 is 14.8 Å². The highest BCUT2D eigenvalue weighted by Crippen LogP contribution is 2.14. The lowest BCUT2D eigenvalue weighted by Crippen LogP contribution is -2.31. The average molecular weight is 329 g/mol. The van der Waals surface area contributed by atoms with Gasteiger partial charge in [0.2, 0.25) is 0 Å². The zero-order chi connectivity index (χ0) is 16.5. The number of thiocarbonyl (C=S) groups is 1. The largest absolute Gasteiger partial charge is 0.497 e. The molecule has 0 heterocycles. The molecule has 0 atom stereocenters. The van der Waals surface area contributed by atoms with Gasteiger partial charge in [-0.1, -0.05) is 24.3 Å². The molecule has 0 aliphatic heterocycles. The Hall–Kier alpha value is -2.60. The van der Waals surface area contributed by atoms with Gasteiger partial charge in [-0.3, -0.25) is 5.43 Å². The van der Waals surface area contributed by atoms with Crippen molar-refractivity contribution in [3.8, 4) is 11.5 Å². The van der Waals surface area contributed by atoms with Gasteiger partial charge in [0, 0.05) is 12.1 Å². The monoisotopic (exact) mass is 329 g/mol. The van der Waals surface area contributed by atoms with Crippen LogP contribution in [0, 0.1) is 0 Å². The van der Waals surface area contributed by atoms with Crippen LogP contribution in [0.15, 0.2) is 53.6 Å². The van der Waals surface area contributed by atoms with Crippen molar-refractivity contribution in [2.24, 2.45) is 5.10 Å². The number of benzene rings is 2. The fourth-order valence-corrected chi connectivity index (χ4v) is 2.02. The van der Waals surface area contributed by atoms with Crippen molar-refractivity contribution < 1.29 is 9.47 Å². The molecular weight excluding hydrogens is 310 g/mol. The Balaban J connectivity index is 1.81. The molecule has 0 aromatic heterocycles. The molecule has 0 saturated carbocycles. The minimum absolute atomic E-state index is 0.451. The smallest absolute Gasteiger partial charge is 0.187 e. The standard InChI is InChI=1S/C17H19N3O2S/c1-21-15-9-7-13(8-10-15)11-18-17(23)20-19-12-14-5-3-4-6-16(14)22-2/h3-10,12H,11H2,1-2H3,(H2,18,20,23)/b19-12-. The molecule has 0 saturated heterocycles. The number of hydrogen-bond donors (Lipinski definition) is 2. The van der Waals surface area contributed by atoms with E-state index in [1.54, 1.807) is 20.4 Å². The zero-order valence-corrected chi connectivity index (χ0v) is 13.9. The predicted molar refractivity (Wildman–Crippen MR) is 96.2 cm³/mol. The Labute approximate surface area is 141 Å². The number of methoxy groups -OCH3 is 2. The first-order valence-electron chi connectivity index (χ1n) is 7.06. The molecule has 0 bridgehead atoms. The van der Waals surface area contributed by atoms with Gasteiger partial charge in [-0.05, 0) is 42.0 Å². The van der Waals surface area contributed by atoms with Crippen LogP contribution in [0.1, 0.15) is 11.1 Å². The lowest BCUT2D eigenvalue weighted by molar-refractivity contribution is 0.414. The molecule has 2 aromatic carbocycles.